The SMILES string of the molecule is COc1ccc(/C=C2/C(=O)NC(=O)N(c3ccccc3Cl)C2=O)cc1Br. The molecule has 6 nitrogen and oxygen atoms in total. The first kappa shape index (κ1) is 18.2. The Morgan fingerprint density at radius 3 is 2.54 bits per heavy atom. The van der Waals surface area contributed by atoms with Crippen LogP contribution in [-0.4, -0.2) is 25.0 Å². The number of ether oxygens (including phenoxy) is 1. The number of urea groups is 1. The van der Waals surface area contributed by atoms with Crippen LogP contribution in [0.3, 0.4) is 0 Å². The van der Waals surface area contributed by atoms with Crippen molar-refractivity contribution in [2.24, 2.45) is 0 Å². The van der Waals surface area contributed by atoms with Crippen molar-refractivity contribution in [3.63, 3.8) is 0 Å². The van der Waals surface area contributed by atoms with Crippen LogP contribution in [0, 0.1) is 0 Å². The molecule has 2 aromatic carbocycles. The number of halogens is 2. The fourth-order valence-corrected chi connectivity index (χ4v) is 3.23. The second-order valence-electron chi connectivity index (χ2n) is 5.30. The van der Waals surface area contributed by atoms with Gasteiger partial charge >= 0.3 is 6.03 Å². The molecule has 2 aromatic rings. The number of nitrogens with one attached hydrogen (secondary N) is 1. The molecule has 1 aliphatic rings. The maximum Gasteiger partial charge on any atom is 0.335 e. The molecular formula is C18H12BrClN2O4. The number of para-hydroxylation sites is 1. The van der Waals surface area contributed by atoms with Gasteiger partial charge < -0.3 is 4.74 Å². The van der Waals surface area contributed by atoms with E-state index in [2.05, 4.69) is 21.2 Å². The van der Waals surface area contributed by atoms with Crippen LogP contribution in [0.4, 0.5) is 10.5 Å². The molecule has 0 atom stereocenters. The average molecular weight is 436 g/mol. The van der Waals surface area contributed by atoms with Gasteiger partial charge in [-0.25, -0.2) is 9.69 Å². The number of rotatable bonds is 3. The molecule has 26 heavy (non-hydrogen) atoms. The summed E-state index contributed by atoms with van der Waals surface area (Å²) >= 11 is 9.44. The molecule has 0 aromatic heterocycles. The van der Waals surface area contributed by atoms with Crippen LogP contribution in [0.25, 0.3) is 6.08 Å². The number of anilines is 1. The molecule has 1 aliphatic heterocycles. The number of methoxy groups -OCH3 is 1. The van der Waals surface area contributed by atoms with Crippen LogP contribution < -0.4 is 15.0 Å². The van der Waals surface area contributed by atoms with E-state index >= 15 is 0 Å². The predicted octanol–water partition coefficient (Wildman–Crippen LogP) is 3.78. The van der Waals surface area contributed by atoms with Crippen molar-refractivity contribution in [1.82, 2.24) is 5.32 Å². The fraction of sp³-hybridized carbons (Fsp3) is 0.0556. The lowest BCUT2D eigenvalue weighted by Gasteiger charge is -2.27. The van der Waals surface area contributed by atoms with Crippen LogP contribution >= 0.6 is 27.5 Å². The number of amides is 4. The molecule has 0 saturated carbocycles. The molecule has 132 valence electrons. The maximum absolute atomic E-state index is 12.8. The first-order valence-electron chi connectivity index (χ1n) is 7.42. The Labute approximate surface area is 162 Å². The van der Waals surface area contributed by atoms with Crippen molar-refractivity contribution in [3.05, 3.63) is 63.1 Å². The second kappa shape index (κ2) is 7.31. The van der Waals surface area contributed by atoms with Gasteiger partial charge in [-0.15, -0.1) is 0 Å². The monoisotopic (exact) mass is 434 g/mol. The largest absolute Gasteiger partial charge is 0.496 e. The van der Waals surface area contributed by atoms with Gasteiger partial charge in [0.25, 0.3) is 11.8 Å². The highest BCUT2D eigenvalue weighted by atomic mass is 79.9. The molecule has 1 fully saturated rings. The van der Waals surface area contributed by atoms with Crippen molar-refractivity contribution >= 4 is 57.1 Å². The number of barbiturate groups is 1. The molecule has 0 unspecified atom stereocenters. The Morgan fingerprint density at radius 1 is 1.15 bits per heavy atom. The molecule has 0 spiro atoms. The Bertz CT molecular complexity index is 958. The van der Waals surface area contributed by atoms with E-state index in [1.807, 2.05) is 0 Å². The first-order chi connectivity index (χ1) is 12.4. The van der Waals surface area contributed by atoms with Crippen LogP contribution in [0.15, 0.2) is 52.5 Å². The molecule has 1 saturated heterocycles. The summed E-state index contributed by atoms with van der Waals surface area (Å²) in [5, 5.41) is 2.38. The second-order valence-corrected chi connectivity index (χ2v) is 6.56. The van der Waals surface area contributed by atoms with E-state index in [0.717, 1.165) is 4.90 Å². The highest BCUT2D eigenvalue weighted by Gasteiger charge is 2.37. The predicted molar refractivity (Wildman–Crippen MR) is 101 cm³/mol. The minimum Gasteiger partial charge on any atom is -0.496 e. The molecule has 0 radical (unpaired) electrons. The number of carbonyl (C=O) groups excluding carboxylic acids is 3. The molecular weight excluding hydrogens is 424 g/mol. The van der Waals surface area contributed by atoms with Crippen molar-refractivity contribution in [2.45, 2.75) is 0 Å². The highest BCUT2D eigenvalue weighted by molar-refractivity contribution is 9.10. The van der Waals surface area contributed by atoms with Crippen molar-refractivity contribution in [1.29, 1.82) is 0 Å². The normalized spacial score (nSPS) is 16.0. The van der Waals surface area contributed by atoms with Crippen LogP contribution in [0.2, 0.25) is 5.02 Å². The fourth-order valence-electron chi connectivity index (χ4n) is 2.45. The van der Waals surface area contributed by atoms with Gasteiger partial charge in [0.1, 0.15) is 11.3 Å². The standard InChI is InChI=1S/C18H12BrClN2O4/c1-26-15-7-6-10(9-12(15)19)8-11-16(23)21-18(25)22(17(11)24)14-5-3-2-4-13(14)20/h2-9H,1H3,(H,21,23,25)/b11-8-. The molecule has 3 rings (SSSR count). The van der Waals surface area contributed by atoms with E-state index in [4.69, 9.17) is 16.3 Å². The molecule has 1 heterocycles. The Morgan fingerprint density at radius 2 is 1.88 bits per heavy atom. The highest BCUT2D eigenvalue weighted by Crippen LogP contribution is 2.30. The van der Waals surface area contributed by atoms with Gasteiger partial charge in [-0.3, -0.25) is 14.9 Å². The van der Waals surface area contributed by atoms with Gasteiger partial charge in [0.15, 0.2) is 0 Å². The summed E-state index contributed by atoms with van der Waals surface area (Å²) in [7, 11) is 1.53. The van der Waals surface area contributed by atoms with E-state index in [-0.39, 0.29) is 16.3 Å². The number of benzene rings is 2. The Balaban J connectivity index is 2.03. The quantitative estimate of drug-likeness (QED) is 0.588. The number of hydrogen-bond acceptors (Lipinski definition) is 4. The number of carbonyl (C=O) groups is 3. The minimum absolute atomic E-state index is 0.179. The van der Waals surface area contributed by atoms with Crippen LogP contribution in [0.5, 0.6) is 5.75 Å². The van der Waals surface area contributed by atoms with Gasteiger partial charge in [0.05, 0.1) is 22.3 Å². The zero-order valence-electron chi connectivity index (χ0n) is 13.5. The average Bonchev–Trinajstić information content (AvgIpc) is 2.60. The summed E-state index contributed by atoms with van der Waals surface area (Å²) in [4.78, 5) is 38.0. The number of imide groups is 2. The van der Waals surface area contributed by atoms with E-state index in [1.54, 1.807) is 36.4 Å². The van der Waals surface area contributed by atoms with Gasteiger partial charge in [-0.05, 0) is 51.8 Å². The van der Waals surface area contributed by atoms with E-state index in [0.29, 0.717) is 15.8 Å². The van der Waals surface area contributed by atoms with Crippen molar-refractivity contribution in [3.8, 4) is 5.75 Å². The molecule has 0 bridgehead atoms. The maximum atomic E-state index is 12.8. The lowest BCUT2D eigenvalue weighted by Crippen LogP contribution is -2.54. The molecule has 8 heteroatoms. The zero-order valence-corrected chi connectivity index (χ0v) is 15.8. The van der Waals surface area contributed by atoms with Crippen molar-refractivity contribution < 1.29 is 19.1 Å². The summed E-state index contributed by atoms with van der Waals surface area (Å²) in [5.41, 5.74) is 0.609. The summed E-state index contributed by atoms with van der Waals surface area (Å²) in [6, 6.07) is 10.6. The van der Waals surface area contributed by atoms with Crippen LogP contribution in [-0.2, 0) is 9.59 Å². The van der Waals surface area contributed by atoms with Gasteiger partial charge in [0, 0.05) is 0 Å². The number of hydrogen-bond donors (Lipinski definition) is 1. The summed E-state index contributed by atoms with van der Waals surface area (Å²) in [5.74, 6) is -0.909. The van der Waals surface area contributed by atoms with Crippen molar-refractivity contribution in [2.75, 3.05) is 12.0 Å². The summed E-state index contributed by atoms with van der Waals surface area (Å²) < 4.78 is 5.82. The lowest BCUT2D eigenvalue weighted by atomic mass is 10.1. The van der Waals surface area contributed by atoms with Gasteiger partial charge in [-0.2, -0.15) is 0 Å². The zero-order chi connectivity index (χ0) is 18.8. The summed E-state index contributed by atoms with van der Waals surface area (Å²) in [6.45, 7) is 0. The third kappa shape index (κ3) is 3.36. The Kier molecular flexibility index (Phi) is 5.11. The Hall–Kier alpha value is -2.64. The third-order valence-corrected chi connectivity index (χ3v) is 4.62. The van der Waals surface area contributed by atoms with E-state index in [1.165, 1.54) is 19.3 Å². The topological polar surface area (TPSA) is 75.7 Å². The third-order valence-electron chi connectivity index (χ3n) is 3.68. The summed E-state index contributed by atoms with van der Waals surface area (Å²) in [6.07, 6.45) is 1.40. The molecule has 1 N–H and O–H groups in total. The first-order valence-corrected chi connectivity index (χ1v) is 8.59. The smallest absolute Gasteiger partial charge is 0.335 e. The lowest BCUT2D eigenvalue weighted by molar-refractivity contribution is -0.122. The van der Waals surface area contributed by atoms with E-state index in [9.17, 15) is 14.4 Å². The van der Waals surface area contributed by atoms with Gasteiger partial charge in [0.2, 0.25) is 0 Å². The molecule has 0 aliphatic carbocycles. The number of nitrogens with zero attached hydrogens (tertiary/aromatic N) is 1. The van der Waals surface area contributed by atoms with Crippen LogP contribution in [0.1, 0.15) is 5.56 Å². The molecule has 4 amide bonds. The minimum atomic E-state index is -0.846. The van der Waals surface area contributed by atoms with E-state index < -0.39 is 17.8 Å². The van der Waals surface area contributed by atoms with Gasteiger partial charge in [-0.1, -0.05) is 29.8 Å².